The van der Waals surface area contributed by atoms with Crippen molar-refractivity contribution in [2.75, 3.05) is 0 Å². The molecule has 0 aliphatic heterocycles. The van der Waals surface area contributed by atoms with Crippen molar-refractivity contribution < 1.29 is 5.11 Å². The van der Waals surface area contributed by atoms with Gasteiger partial charge in [-0.1, -0.05) is 18.3 Å². The van der Waals surface area contributed by atoms with Crippen molar-refractivity contribution >= 4 is 11.3 Å². The minimum absolute atomic E-state index is 0.0153. The van der Waals surface area contributed by atoms with Crippen LogP contribution in [0, 0.1) is 0 Å². The van der Waals surface area contributed by atoms with Gasteiger partial charge in [-0.2, -0.15) is 0 Å². The van der Waals surface area contributed by atoms with Gasteiger partial charge in [-0.05, 0) is 6.42 Å². The molecule has 10 heavy (non-hydrogen) atoms. The molecule has 0 aliphatic carbocycles. The van der Waals surface area contributed by atoms with E-state index in [1.807, 2.05) is 0 Å². The van der Waals surface area contributed by atoms with E-state index in [1.165, 1.54) is 11.3 Å². The summed E-state index contributed by atoms with van der Waals surface area (Å²) < 4.78 is 0. The predicted octanol–water partition coefficient (Wildman–Crippen LogP) is 0.983. The minimum Gasteiger partial charge on any atom is -0.389 e. The first kappa shape index (κ1) is 7.63. The first-order chi connectivity index (χ1) is 4.86. The molecule has 1 heterocycles. The summed E-state index contributed by atoms with van der Waals surface area (Å²) >= 11 is 1.49. The lowest BCUT2D eigenvalue weighted by molar-refractivity contribution is 0.280. The highest BCUT2D eigenvalue weighted by Crippen LogP contribution is 2.10. The summed E-state index contributed by atoms with van der Waals surface area (Å²) in [6.07, 6.45) is 2.05. The number of hydrogen-bond donors (Lipinski definition) is 1. The SMILES string of the molecule is CCCc1nnc(CO)s1. The van der Waals surface area contributed by atoms with Crippen LogP contribution in [-0.2, 0) is 13.0 Å². The lowest BCUT2D eigenvalue weighted by atomic mass is 10.4. The Kier molecular flexibility index (Phi) is 2.77. The molecule has 0 unspecified atom stereocenters. The number of aliphatic hydroxyl groups is 1. The Morgan fingerprint density at radius 3 is 2.60 bits per heavy atom. The molecule has 0 aliphatic rings. The third kappa shape index (κ3) is 1.75. The molecule has 4 heteroatoms. The first-order valence-corrected chi connectivity index (χ1v) is 4.10. The Morgan fingerprint density at radius 2 is 2.10 bits per heavy atom. The van der Waals surface area contributed by atoms with Crippen LogP contribution in [-0.4, -0.2) is 15.3 Å². The average Bonchev–Trinajstić information content (AvgIpc) is 2.37. The Labute approximate surface area is 63.7 Å². The van der Waals surface area contributed by atoms with E-state index in [2.05, 4.69) is 17.1 Å². The van der Waals surface area contributed by atoms with E-state index in [0.29, 0.717) is 5.01 Å². The number of nitrogens with zero attached hydrogens (tertiary/aromatic N) is 2. The summed E-state index contributed by atoms with van der Waals surface area (Å²) in [6, 6.07) is 0. The molecule has 0 aromatic carbocycles. The number of rotatable bonds is 3. The van der Waals surface area contributed by atoms with Crippen LogP contribution in [0.5, 0.6) is 0 Å². The maximum Gasteiger partial charge on any atom is 0.143 e. The second-order valence-electron chi connectivity index (χ2n) is 2.00. The third-order valence-corrected chi connectivity index (χ3v) is 2.08. The van der Waals surface area contributed by atoms with Gasteiger partial charge in [0.05, 0.1) is 6.61 Å². The van der Waals surface area contributed by atoms with Crippen LogP contribution < -0.4 is 0 Å². The lowest BCUT2D eigenvalue weighted by Gasteiger charge is -1.83. The Bertz CT molecular complexity index is 199. The van der Waals surface area contributed by atoms with E-state index in [4.69, 9.17) is 5.11 Å². The van der Waals surface area contributed by atoms with Crippen LogP contribution in [0.15, 0.2) is 0 Å². The average molecular weight is 158 g/mol. The molecule has 1 aromatic heterocycles. The maximum atomic E-state index is 8.63. The van der Waals surface area contributed by atoms with Crippen LogP contribution >= 0.6 is 11.3 Å². The zero-order valence-electron chi connectivity index (χ0n) is 5.87. The van der Waals surface area contributed by atoms with E-state index in [0.717, 1.165) is 17.8 Å². The van der Waals surface area contributed by atoms with Crippen molar-refractivity contribution in [1.82, 2.24) is 10.2 Å². The second-order valence-corrected chi connectivity index (χ2v) is 3.14. The summed E-state index contributed by atoms with van der Waals surface area (Å²) in [7, 11) is 0. The zero-order chi connectivity index (χ0) is 7.40. The highest BCUT2D eigenvalue weighted by atomic mass is 32.1. The monoisotopic (exact) mass is 158 g/mol. The van der Waals surface area contributed by atoms with E-state index in [-0.39, 0.29) is 6.61 Å². The van der Waals surface area contributed by atoms with Gasteiger partial charge in [0.25, 0.3) is 0 Å². The van der Waals surface area contributed by atoms with Gasteiger partial charge >= 0.3 is 0 Å². The smallest absolute Gasteiger partial charge is 0.143 e. The summed E-state index contributed by atoms with van der Waals surface area (Å²) in [4.78, 5) is 0. The molecule has 0 radical (unpaired) electrons. The largest absolute Gasteiger partial charge is 0.389 e. The van der Waals surface area contributed by atoms with Gasteiger partial charge in [-0.3, -0.25) is 0 Å². The fourth-order valence-corrected chi connectivity index (χ4v) is 1.47. The van der Waals surface area contributed by atoms with Gasteiger partial charge in [-0.25, -0.2) is 0 Å². The van der Waals surface area contributed by atoms with Crippen LogP contribution in [0.1, 0.15) is 23.4 Å². The molecule has 0 atom stereocenters. The topological polar surface area (TPSA) is 46.0 Å². The number of hydrogen-bond acceptors (Lipinski definition) is 4. The predicted molar refractivity (Wildman–Crippen MR) is 39.8 cm³/mol. The van der Waals surface area contributed by atoms with Gasteiger partial charge in [0.1, 0.15) is 10.0 Å². The molecular formula is C6H10N2OS. The zero-order valence-corrected chi connectivity index (χ0v) is 6.69. The molecule has 3 nitrogen and oxygen atoms in total. The molecule has 0 bridgehead atoms. The molecule has 0 amide bonds. The first-order valence-electron chi connectivity index (χ1n) is 3.29. The highest BCUT2D eigenvalue weighted by molar-refractivity contribution is 7.11. The van der Waals surface area contributed by atoms with Crippen LogP contribution in [0.2, 0.25) is 0 Å². The minimum atomic E-state index is 0.0153. The van der Waals surface area contributed by atoms with Gasteiger partial charge in [-0.15, -0.1) is 10.2 Å². The third-order valence-electron chi connectivity index (χ3n) is 1.11. The van der Waals surface area contributed by atoms with Crippen molar-refractivity contribution in [3.05, 3.63) is 10.0 Å². The summed E-state index contributed by atoms with van der Waals surface area (Å²) in [5.41, 5.74) is 0. The number of aromatic nitrogens is 2. The van der Waals surface area contributed by atoms with Crippen molar-refractivity contribution in [1.29, 1.82) is 0 Å². The summed E-state index contributed by atoms with van der Waals surface area (Å²) in [5.74, 6) is 0. The molecule has 1 rings (SSSR count). The van der Waals surface area contributed by atoms with Crippen LogP contribution in [0.4, 0.5) is 0 Å². The van der Waals surface area contributed by atoms with Crippen LogP contribution in [0.3, 0.4) is 0 Å². The molecule has 56 valence electrons. The highest BCUT2D eigenvalue weighted by Gasteiger charge is 1.99. The van der Waals surface area contributed by atoms with E-state index >= 15 is 0 Å². The molecule has 1 N–H and O–H groups in total. The quantitative estimate of drug-likeness (QED) is 0.713. The molecule has 0 saturated carbocycles. The second kappa shape index (κ2) is 3.63. The molecular weight excluding hydrogens is 148 g/mol. The standard InChI is InChI=1S/C6H10N2OS/c1-2-3-5-7-8-6(4-9)10-5/h9H,2-4H2,1H3. The fraction of sp³-hybridized carbons (Fsp3) is 0.667. The van der Waals surface area contributed by atoms with Gasteiger partial charge in [0.2, 0.25) is 0 Å². The van der Waals surface area contributed by atoms with Gasteiger partial charge in [0, 0.05) is 6.42 Å². The molecule has 1 aromatic rings. The Morgan fingerprint density at radius 1 is 1.40 bits per heavy atom. The van der Waals surface area contributed by atoms with Crippen LogP contribution in [0.25, 0.3) is 0 Å². The van der Waals surface area contributed by atoms with E-state index < -0.39 is 0 Å². The number of aryl methyl sites for hydroxylation is 1. The molecule has 0 fully saturated rings. The normalized spacial score (nSPS) is 10.2. The lowest BCUT2D eigenvalue weighted by Crippen LogP contribution is -1.80. The van der Waals surface area contributed by atoms with E-state index in [1.54, 1.807) is 0 Å². The maximum absolute atomic E-state index is 8.63. The molecule has 0 spiro atoms. The van der Waals surface area contributed by atoms with Crippen molar-refractivity contribution in [2.45, 2.75) is 26.4 Å². The summed E-state index contributed by atoms with van der Waals surface area (Å²) in [6.45, 7) is 2.11. The van der Waals surface area contributed by atoms with Crippen molar-refractivity contribution in [2.24, 2.45) is 0 Å². The van der Waals surface area contributed by atoms with E-state index in [9.17, 15) is 0 Å². The Hall–Kier alpha value is -0.480. The molecule has 0 saturated heterocycles. The van der Waals surface area contributed by atoms with Crippen molar-refractivity contribution in [3.8, 4) is 0 Å². The van der Waals surface area contributed by atoms with Gasteiger partial charge < -0.3 is 5.11 Å². The Balaban J connectivity index is 2.59. The fourth-order valence-electron chi connectivity index (χ4n) is 0.667. The summed E-state index contributed by atoms with van der Waals surface area (Å²) in [5, 5.41) is 18.0. The van der Waals surface area contributed by atoms with Crippen molar-refractivity contribution in [3.63, 3.8) is 0 Å². The number of aliphatic hydroxyl groups excluding tert-OH is 1. The van der Waals surface area contributed by atoms with Gasteiger partial charge in [0.15, 0.2) is 0 Å².